The molecule has 1 saturated carbocycles. The molecule has 0 spiro atoms. The van der Waals surface area contributed by atoms with Crippen LogP contribution in [0.5, 0.6) is 0 Å². The predicted octanol–water partition coefficient (Wildman–Crippen LogP) is 6.04. The minimum atomic E-state index is 0.748. The zero-order valence-electron chi connectivity index (χ0n) is 15.5. The van der Waals surface area contributed by atoms with Gasteiger partial charge in [-0.25, -0.2) is 4.57 Å². The SMILES string of the molecule is Cc1cc2ccoc2cc1-c1c2ccc(C3CCCC3)cc2cc[n+]1C. The van der Waals surface area contributed by atoms with E-state index in [0.29, 0.717) is 0 Å². The molecule has 1 fully saturated rings. The third kappa shape index (κ3) is 2.44. The molecular weight excluding hydrogens is 318 g/mol. The van der Waals surface area contributed by atoms with Crippen LogP contribution in [0, 0.1) is 6.92 Å². The number of furan rings is 1. The molecule has 0 aliphatic heterocycles. The fourth-order valence-corrected chi connectivity index (χ4v) is 4.62. The van der Waals surface area contributed by atoms with Crippen LogP contribution in [0.2, 0.25) is 0 Å². The van der Waals surface area contributed by atoms with Crippen LogP contribution in [0.4, 0.5) is 0 Å². The van der Waals surface area contributed by atoms with E-state index < -0.39 is 0 Å². The van der Waals surface area contributed by atoms with Crippen LogP contribution in [0.15, 0.2) is 59.3 Å². The predicted molar refractivity (Wildman–Crippen MR) is 106 cm³/mol. The van der Waals surface area contributed by atoms with Crippen molar-refractivity contribution in [3.63, 3.8) is 0 Å². The summed E-state index contributed by atoms with van der Waals surface area (Å²) in [7, 11) is 2.13. The van der Waals surface area contributed by atoms with Gasteiger partial charge in [0.25, 0.3) is 0 Å². The van der Waals surface area contributed by atoms with Gasteiger partial charge in [-0.15, -0.1) is 0 Å². The molecule has 0 unspecified atom stereocenters. The molecule has 2 heterocycles. The zero-order chi connectivity index (χ0) is 17.7. The quantitative estimate of drug-likeness (QED) is 0.406. The van der Waals surface area contributed by atoms with Crippen LogP contribution in [-0.2, 0) is 7.05 Å². The molecule has 0 radical (unpaired) electrons. The average Bonchev–Trinajstić information content (AvgIpc) is 3.32. The molecule has 2 nitrogen and oxygen atoms in total. The van der Waals surface area contributed by atoms with E-state index in [-0.39, 0.29) is 0 Å². The number of fused-ring (bicyclic) bond motifs is 2. The molecule has 0 bridgehead atoms. The molecule has 2 aromatic heterocycles. The maximum absolute atomic E-state index is 5.66. The van der Waals surface area contributed by atoms with E-state index >= 15 is 0 Å². The number of hydrogen-bond acceptors (Lipinski definition) is 1. The van der Waals surface area contributed by atoms with Crippen molar-refractivity contribution in [2.24, 2.45) is 7.05 Å². The van der Waals surface area contributed by atoms with Crippen LogP contribution in [0.3, 0.4) is 0 Å². The highest BCUT2D eigenvalue weighted by atomic mass is 16.3. The van der Waals surface area contributed by atoms with Gasteiger partial charge in [0.1, 0.15) is 12.6 Å². The Labute approximate surface area is 154 Å². The Balaban J connectivity index is 1.72. The molecule has 0 saturated heterocycles. The maximum atomic E-state index is 5.66. The van der Waals surface area contributed by atoms with Gasteiger partial charge in [0, 0.05) is 11.5 Å². The lowest BCUT2D eigenvalue weighted by atomic mass is 9.93. The fraction of sp³-hybridized carbons (Fsp3) is 0.292. The molecule has 2 heteroatoms. The highest BCUT2D eigenvalue weighted by Crippen LogP contribution is 2.37. The largest absolute Gasteiger partial charge is 0.464 e. The summed E-state index contributed by atoms with van der Waals surface area (Å²) in [6.07, 6.45) is 9.38. The Morgan fingerprint density at radius 1 is 0.962 bits per heavy atom. The van der Waals surface area contributed by atoms with Gasteiger partial charge in [0.05, 0.1) is 17.2 Å². The van der Waals surface area contributed by atoms with Gasteiger partial charge in [-0.3, -0.25) is 0 Å². The standard InChI is InChI=1S/C24H24NO/c1-16-13-20-10-12-26-23(20)15-22(16)24-21-8-7-18(17-5-3-4-6-17)14-19(21)9-11-25(24)2/h7-15,17H,3-6H2,1-2H3/q+1. The number of hydrogen-bond donors (Lipinski definition) is 0. The van der Waals surface area contributed by atoms with E-state index in [9.17, 15) is 0 Å². The number of benzene rings is 2. The lowest BCUT2D eigenvalue weighted by Gasteiger charge is -2.12. The maximum Gasteiger partial charge on any atom is 0.220 e. The Morgan fingerprint density at radius 3 is 2.65 bits per heavy atom. The average molecular weight is 342 g/mol. The summed E-state index contributed by atoms with van der Waals surface area (Å²) < 4.78 is 7.90. The molecular formula is C24H24NO+. The Hall–Kier alpha value is -2.61. The minimum absolute atomic E-state index is 0.748. The Bertz CT molecular complexity index is 1120. The summed E-state index contributed by atoms with van der Waals surface area (Å²) in [5.41, 5.74) is 6.24. The van der Waals surface area contributed by atoms with Crippen molar-refractivity contribution in [2.45, 2.75) is 38.5 Å². The second kappa shape index (κ2) is 5.98. The van der Waals surface area contributed by atoms with E-state index in [1.54, 1.807) is 6.26 Å². The first-order valence-corrected chi connectivity index (χ1v) is 9.61. The summed E-state index contributed by atoms with van der Waals surface area (Å²) >= 11 is 0. The highest BCUT2D eigenvalue weighted by Gasteiger charge is 2.21. The van der Waals surface area contributed by atoms with Crippen LogP contribution in [0.25, 0.3) is 33.0 Å². The van der Waals surface area contributed by atoms with E-state index in [1.807, 2.05) is 6.07 Å². The van der Waals surface area contributed by atoms with Gasteiger partial charge >= 0.3 is 0 Å². The lowest BCUT2D eigenvalue weighted by molar-refractivity contribution is -0.659. The van der Waals surface area contributed by atoms with Crippen LogP contribution >= 0.6 is 0 Å². The molecule has 130 valence electrons. The molecule has 26 heavy (non-hydrogen) atoms. The van der Waals surface area contributed by atoms with E-state index in [4.69, 9.17) is 4.42 Å². The van der Waals surface area contributed by atoms with E-state index in [1.165, 1.54) is 58.8 Å². The number of nitrogens with zero attached hydrogens (tertiary/aromatic N) is 1. The van der Waals surface area contributed by atoms with Gasteiger partial charge in [0.15, 0.2) is 6.20 Å². The second-order valence-corrected chi connectivity index (χ2v) is 7.73. The van der Waals surface area contributed by atoms with E-state index in [2.05, 4.69) is 61.1 Å². The van der Waals surface area contributed by atoms with Crippen molar-refractivity contribution in [1.29, 1.82) is 0 Å². The van der Waals surface area contributed by atoms with Crippen molar-refractivity contribution >= 4 is 21.7 Å². The third-order valence-electron chi connectivity index (χ3n) is 6.04. The number of aryl methyl sites for hydroxylation is 2. The van der Waals surface area contributed by atoms with Crippen molar-refractivity contribution in [3.05, 3.63) is 66.1 Å². The van der Waals surface area contributed by atoms with Gasteiger partial charge in [-0.2, -0.15) is 0 Å². The van der Waals surface area contributed by atoms with Gasteiger partial charge in [-0.05, 0) is 66.5 Å². The minimum Gasteiger partial charge on any atom is -0.464 e. The smallest absolute Gasteiger partial charge is 0.220 e. The first-order valence-electron chi connectivity index (χ1n) is 9.61. The fourth-order valence-electron chi connectivity index (χ4n) is 4.62. The number of aromatic nitrogens is 1. The van der Waals surface area contributed by atoms with Crippen molar-refractivity contribution in [1.82, 2.24) is 0 Å². The van der Waals surface area contributed by atoms with Crippen LogP contribution < -0.4 is 4.57 Å². The molecule has 5 rings (SSSR count). The molecule has 1 aliphatic rings. The Kier molecular flexibility index (Phi) is 3.59. The Morgan fingerprint density at radius 2 is 1.81 bits per heavy atom. The molecule has 0 N–H and O–H groups in total. The van der Waals surface area contributed by atoms with E-state index in [0.717, 1.165) is 16.9 Å². The van der Waals surface area contributed by atoms with Crippen molar-refractivity contribution in [2.75, 3.05) is 0 Å². The molecule has 4 aromatic rings. The van der Waals surface area contributed by atoms with Crippen LogP contribution in [0.1, 0.15) is 42.7 Å². The topological polar surface area (TPSA) is 17.0 Å². The normalized spacial score (nSPS) is 15.3. The molecule has 0 amide bonds. The molecule has 0 atom stereocenters. The molecule has 2 aromatic carbocycles. The summed E-state index contributed by atoms with van der Waals surface area (Å²) in [6, 6.07) is 15.8. The van der Waals surface area contributed by atoms with Crippen LogP contribution in [-0.4, -0.2) is 0 Å². The first kappa shape index (κ1) is 15.6. The highest BCUT2D eigenvalue weighted by molar-refractivity contribution is 5.96. The number of rotatable bonds is 2. The third-order valence-corrected chi connectivity index (χ3v) is 6.04. The summed E-state index contributed by atoms with van der Waals surface area (Å²) in [6.45, 7) is 2.19. The summed E-state index contributed by atoms with van der Waals surface area (Å²) in [5, 5.41) is 3.81. The van der Waals surface area contributed by atoms with Gasteiger partial charge in [-0.1, -0.05) is 25.0 Å². The zero-order valence-corrected chi connectivity index (χ0v) is 15.5. The molecule has 1 aliphatic carbocycles. The summed E-state index contributed by atoms with van der Waals surface area (Å²) in [5.74, 6) is 0.748. The van der Waals surface area contributed by atoms with Gasteiger partial charge < -0.3 is 4.42 Å². The first-order chi connectivity index (χ1) is 12.7. The second-order valence-electron chi connectivity index (χ2n) is 7.73. The number of pyridine rings is 1. The lowest BCUT2D eigenvalue weighted by Crippen LogP contribution is -2.30. The van der Waals surface area contributed by atoms with Gasteiger partial charge in [0.2, 0.25) is 5.69 Å². The van der Waals surface area contributed by atoms with Crippen molar-refractivity contribution < 1.29 is 8.98 Å². The van der Waals surface area contributed by atoms with Crippen molar-refractivity contribution in [3.8, 4) is 11.3 Å². The monoisotopic (exact) mass is 342 g/mol. The summed E-state index contributed by atoms with van der Waals surface area (Å²) in [4.78, 5) is 0.